The van der Waals surface area contributed by atoms with Crippen molar-refractivity contribution in [3.63, 3.8) is 0 Å². The van der Waals surface area contributed by atoms with E-state index in [2.05, 4.69) is 0 Å². The van der Waals surface area contributed by atoms with Crippen LogP contribution >= 0.6 is 0 Å². The first-order valence-electron chi connectivity index (χ1n) is 6.30. The van der Waals surface area contributed by atoms with Crippen LogP contribution in [0.25, 0.3) is 11.1 Å². The average molecular weight is 256 g/mol. The maximum Gasteiger partial charge on any atom is 0.336 e. The van der Waals surface area contributed by atoms with E-state index >= 15 is 0 Å². The van der Waals surface area contributed by atoms with Crippen molar-refractivity contribution in [2.24, 2.45) is 0 Å². The molecule has 1 aliphatic carbocycles. The van der Waals surface area contributed by atoms with Gasteiger partial charge in [0, 0.05) is 0 Å². The summed E-state index contributed by atoms with van der Waals surface area (Å²) in [5, 5.41) is 9.19. The third-order valence-electron chi connectivity index (χ3n) is 3.62. The second kappa shape index (κ2) is 4.50. The Morgan fingerprint density at radius 1 is 1.05 bits per heavy atom. The number of hydrogen-bond donors (Lipinski definition) is 1. The second-order valence-electron chi connectivity index (χ2n) is 4.83. The largest absolute Gasteiger partial charge is 0.478 e. The molecule has 0 saturated heterocycles. The number of carboxylic acid groups (broad SMARTS) is 1. The lowest BCUT2D eigenvalue weighted by molar-refractivity contribution is 0.0697. The topological polar surface area (TPSA) is 37.3 Å². The van der Waals surface area contributed by atoms with Crippen molar-refractivity contribution in [1.29, 1.82) is 0 Å². The summed E-state index contributed by atoms with van der Waals surface area (Å²) in [6, 6.07) is 9.68. The van der Waals surface area contributed by atoms with Crippen molar-refractivity contribution in [3.05, 3.63) is 58.9 Å². The lowest BCUT2D eigenvalue weighted by atomic mass is 9.96. The van der Waals surface area contributed by atoms with Gasteiger partial charge < -0.3 is 5.11 Å². The molecule has 0 atom stereocenters. The molecular weight excluding hydrogens is 243 g/mol. The third-order valence-corrected chi connectivity index (χ3v) is 3.62. The molecule has 19 heavy (non-hydrogen) atoms. The van der Waals surface area contributed by atoms with E-state index in [-0.39, 0.29) is 5.56 Å². The van der Waals surface area contributed by atoms with Gasteiger partial charge in [0.25, 0.3) is 0 Å². The predicted octanol–water partition coefficient (Wildman–Crippen LogP) is 3.68. The number of benzene rings is 2. The Hall–Kier alpha value is -2.16. The molecule has 0 saturated carbocycles. The molecule has 2 aromatic rings. The highest BCUT2D eigenvalue weighted by Crippen LogP contribution is 2.30. The second-order valence-corrected chi connectivity index (χ2v) is 4.83. The number of carboxylic acids is 1. The summed E-state index contributed by atoms with van der Waals surface area (Å²) in [5.41, 5.74) is 3.93. The first kappa shape index (κ1) is 11.9. The molecule has 0 unspecified atom stereocenters. The zero-order valence-corrected chi connectivity index (χ0v) is 10.3. The summed E-state index contributed by atoms with van der Waals surface area (Å²) in [6.45, 7) is 0. The molecule has 2 aromatic carbocycles. The van der Waals surface area contributed by atoms with Crippen molar-refractivity contribution in [3.8, 4) is 11.1 Å². The Kier molecular flexibility index (Phi) is 2.82. The molecule has 0 aliphatic heterocycles. The molecule has 0 radical (unpaired) electrons. The Labute approximate surface area is 110 Å². The molecular formula is C16H13FO2. The summed E-state index contributed by atoms with van der Waals surface area (Å²) >= 11 is 0. The van der Waals surface area contributed by atoms with Crippen LogP contribution in [0.15, 0.2) is 36.4 Å². The minimum absolute atomic E-state index is 0.138. The molecule has 0 spiro atoms. The van der Waals surface area contributed by atoms with Gasteiger partial charge in [-0.15, -0.1) is 0 Å². The fraction of sp³-hybridized carbons (Fsp3) is 0.188. The van der Waals surface area contributed by atoms with Gasteiger partial charge in [-0.05, 0) is 59.7 Å². The number of aryl methyl sites for hydroxylation is 2. The third kappa shape index (κ3) is 2.12. The number of fused-ring (bicyclic) bond motifs is 1. The highest BCUT2D eigenvalue weighted by molar-refractivity contribution is 5.96. The van der Waals surface area contributed by atoms with E-state index in [1.165, 1.54) is 29.3 Å². The van der Waals surface area contributed by atoms with Gasteiger partial charge in [0.1, 0.15) is 5.82 Å². The van der Waals surface area contributed by atoms with Crippen molar-refractivity contribution >= 4 is 5.97 Å². The van der Waals surface area contributed by atoms with Crippen LogP contribution in [0.2, 0.25) is 0 Å². The van der Waals surface area contributed by atoms with Crippen LogP contribution < -0.4 is 0 Å². The molecule has 0 heterocycles. The van der Waals surface area contributed by atoms with Crippen molar-refractivity contribution in [2.45, 2.75) is 19.3 Å². The smallest absolute Gasteiger partial charge is 0.336 e. The highest BCUT2D eigenvalue weighted by atomic mass is 19.1. The maximum atomic E-state index is 13.4. The summed E-state index contributed by atoms with van der Waals surface area (Å²) in [6.07, 6.45) is 3.22. The number of rotatable bonds is 2. The molecule has 96 valence electrons. The van der Waals surface area contributed by atoms with Gasteiger partial charge in [-0.3, -0.25) is 0 Å². The lowest BCUT2D eigenvalue weighted by Gasteiger charge is -2.09. The van der Waals surface area contributed by atoms with Crippen LogP contribution in [0, 0.1) is 5.82 Å². The quantitative estimate of drug-likeness (QED) is 0.890. The first-order chi connectivity index (χ1) is 9.15. The normalized spacial score (nSPS) is 13.3. The zero-order chi connectivity index (χ0) is 13.4. The van der Waals surface area contributed by atoms with Gasteiger partial charge in [-0.25, -0.2) is 9.18 Å². The van der Waals surface area contributed by atoms with E-state index < -0.39 is 11.8 Å². The van der Waals surface area contributed by atoms with E-state index in [4.69, 9.17) is 0 Å². The fourth-order valence-electron chi connectivity index (χ4n) is 2.68. The van der Waals surface area contributed by atoms with Crippen LogP contribution in [0.1, 0.15) is 27.9 Å². The van der Waals surface area contributed by atoms with Crippen molar-refractivity contribution in [2.75, 3.05) is 0 Å². The molecule has 3 heteroatoms. The number of carbonyl (C=O) groups is 1. The van der Waals surface area contributed by atoms with Crippen LogP contribution in [-0.4, -0.2) is 11.1 Å². The molecule has 0 fully saturated rings. The monoisotopic (exact) mass is 256 g/mol. The summed E-state index contributed by atoms with van der Waals surface area (Å²) in [5.74, 6) is -1.45. The van der Waals surface area contributed by atoms with E-state index in [0.717, 1.165) is 24.8 Å². The van der Waals surface area contributed by atoms with E-state index in [0.29, 0.717) is 5.56 Å². The standard InChI is InChI=1S/C16H13FO2/c17-13-6-7-14(16(18)19)15(9-13)12-5-4-10-2-1-3-11(10)8-12/h4-9H,1-3H2,(H,18,19). The molecule has 0 aromatic heterocycles. The van der Waals surface area contributed by atoms with Crippen LogP contribution in [0.5, 0.6) is 0 Å². The maximum absolute atomic E-state index is 13.4. The first-order valence-corrected chi connectivity index (χ1v) is 6.30. The predicted molar refractivity (Wildman–Crippen MR) is 70.8 cm³/mol. The van der Waals surface area contributed by atoms with Crippen LogP contribution in [0.3, 0.4) is 0 Å². The van der Waals surface area contributed by atoms with E-state index in [1.807, 2.05) is 18.2 Å². The summed E-state index contributed by atoms with van der Waals surface area (Å²) < 4.78 is 13.4. The van der Waals surface area contributed by atoms with Gasteiger partial charge in [0.2, 0.25) is 0 Å². The number of hydrogen-bond acceptors (Lipinski definition) is 1. The van der Waals surface area contributed by atoms with Gasteiger partial charge in [0.05, 0.1) is 5.56 Å². The molecule has 3 rings (SSSR count). The van der Waals surface area contributed by atoms with Gasteiger partial charge >= 0.3 is 5.97 Å². The van der Waals surface area contributed by atoms with Gasteiger partial charge in [-0.2, -0.15) is 0 Å². The molecule has 2 nitrogen and oxygen atoms in total. The summed E-state index contributed by atoms with van der Waals surface area (Å²) in [4.78, 5) is 11.2. The van der Waals surface area contributed by atoms with E-state index in [1.54, 1.807) is 0 Å². The SMILES string of the molecule is O=C(O)c1ccc(F)cc1-c1ccc2c(c1)CCC2. The molecule has 1 N–H and O–H groups in total. The van der Waals surface area contributed by atoms with Gasteiger partial charge in [-0.1, -0.05) is 18.2 Å². The molecule has 0 bridgehead atoms. The Balaban J connectivity index is 2.16. The number of halogens is 1. The van der Waals surface area contributed by atoms with E-state index in [9.17, 15) is 14.3 Å². The van der Waals surface area contributed by atoms with Crippen molar-refractivity contribution in [1.82, 2.24) is 0 Å². The van der Waals surface area contributed by atoms with Gasteiger partial charge in [0.15, 0.2) is 0 Å². The minimum Gasteiger partial charge on any atom is -0.478 e. The molecule has 1 aliphatic rings. The Bertz CT molecular complexity index is 662. The van der Waals surface area contributed by atoms with Crippen LogP contribution in [-0.2, 0) is 12.8 Å². The average Bonchev–Trinajstić information content (AvgIpc) is 2.85. The summed E-state index contributed by atoms with van der Waals surface area (Å²) in [7, 11) is 0. The Morgan fingerprint density at radius 3 is 2.63 bits per heavy atom. The van der Waals surface area contributed by atoms with Crippen molar-refractivity contribution < 1.29 is 14.3 Å². The molecule has 0 amide bonds. The fourth-order valence-corrected chi connectivity index (χ4v) is 2.68. The number of aromatic carboxylic acids is 1. The highest BCUT2D eigenvalue weighted by Gasteiger charge is 2.16. The zero-order valence-electron chi connectivity index (χ0n) is 10.3. The minimum atomic E-state index is -1.03. The van der Waals surface area contributed by atoms with Crippen LogP contribution in [0.4, 0.5) is 4.39 Å². The lowest BCUT2D eigenvalue weighted by Crippen LogP contribution is -2.00. The Morgan fingerprint density at radius 2 is 1.84 bits per heavy atom.